The number of pyridine rings is 1. The van der Waals surface area contributed by atoms with Crippen LogP contribution >= 0.6 is 11.8 Å². The zero-order valence-corrected chi connectivity index (χ0v) is 13.0. The third kappa shape index (κ3) is 2.57. The predicted octanol–water partition coefficient (Wildman–Crippen LogP) is 3.31. The van der Waals surface area contributed by atoms with Gasteiger partial charge in [-0.05, 0) is 24.9 Å². The third-order valence-corrected chi connectivity index (χ3v) is 4.53. The quantitative estimate of drug-likeness (QED) is 0.814. The van der Waals surface area contributed by atoms with E-state index < -0.39 is 0 Å². The maximum Gasteiger partial charge on any atom is 0.135 e. The Morgan fingerprint density at radius 2 is 2.38 bits per heavy atom. The Labute approximate surface area is 128 Å². The number of rotatable bonds is 3. The van der Waals surface area contributed by atoms with Gasteiger partial charge >= 0.3 is 0 Å². The molecule has 0 saturated heterocycles. The fourth-order valence-electron chi connectivity index (χ4n) is 2.71. The van der Waals surface area contributed by atoms with Crippen molar-refractivity contribution in [1.82, 2.24) is 9.88 Å². The van der Waals surface area contributed by atoms with Crippen molar-refractivity contribution in [2.75, 3.05) is 19.3 Å². The molecular weight excluding hydrogens is 282 g/mol. The van der Waals surface area contributed by atoms with Crippen LogP contribution in [0.25, 0.3) is 11.3 Å². The smallest absolute Gasteiger partial charge is 0.135 e. The van der Waals surface area contributed by atoms with Crippen molar-refractivity contribution < 1.29 is 4.42 Å². The number of nitrogens with zero attached hydrogens (tertiary/aromatic N) is 3. The summed E-state index contributed by atoms with van der Waals surface area (Å²) in [4.78, 5) is 7.01. The van der Waals surface area contributed by atoms with Gasteiger partial charge in [-0.1, -0.05) is 6.92 Å². The summed E-state index contributed by atoms with van der Waals surface area (Å²) in [5, 5.41) is 10.5. The van der Waals surface area contributed by atoms with Crippen molar-refractivity contribution in [2.45, 2.75) is 24.9 Å². The molecule has 0 atom stereocenters. The summed E-state index contributed by atoms with van der Waals surface area (Å²) in [7, 11) is 2.09. The van der Waals surface area contributed by atoms with E-state index in [1.54, 1.807) is 18.0 Å². The number of thioether (sulfide) groups is 1. The summed E-state index contributed by atoms with van der Waals surface area (Å²) in [5.74, 6) is 1.66. The van der Waals surface area contributed by atoms with Crippen molar-refractivity contribution in [3.05, 3.63) is 35.2 Å². The van der Waals surface area contributed by atoms with E-state index in [0.29, 0.717) is 5.56 Å². The maximum absolute atomic E-state index is 9.63. The summed E-state index contributed by atoms with van der Waals surface area (Å²) in [6, 6.07) is 6.13. The van der Waals surface area contributed by atoms with Crippen LogP contribution in [0.1, 0.15) is 23.7 Å². The highest BCUT2D eigenvalue weighted by atomic mass is 32.2. The van der Waals surface area contributed by atoms with E-state index in [1.807, 2.05) is 12.1 Å². The highest BCUT2D eigenvalue weighted by Crippen LogP contribution is 2.37. The van der Waals surface area contributed by atoms with Gasteiger partial charge in [-0.25, -0.2) is 4.98 Å². The molecule has 0 spiro atoms. The second kappa shape index (κ2) is 5.92. The van der Waals surface area contributed by atoms with Gasteiger partial charge in [0.2, 0.25) is 0 Å². The maximum atomic E-state index is 9.63. The number of hydrogen-bond donors (Lipinski definition) is 0. The van der Waals surface area contributed by atoms with E-state index in [9.17, 15) is 5.26 Å². The van der Waals surface area contributed by atoms with E-state index in [-0.39, 0.29) is 0 Å². The van der Waals surface area contributed by atoms with Gasteiger partial charge in [-0.2, -0.15) is 5.26 Å². The van der Waals surface area contributed by atoms with Gasteiger partial charge in [-0.3, -0.25) is 0 Å². The molecule has 108 valence electrons. The van der Waals surface area contributed by atoms with Crippen LogP contribution in [0.5, 0.6) is 0 Å². The lowest BCUT2D eigenvalue weighted by molar-refractivity contribution is 0.309. The molecule has 5 heteroatoms. The van der Waals surface area contributed by atoms with E-state index in [4.69, 9.17) is 9.40 Å². The molecule has 3 heterocycles. The zero-order chi connectivity index (χ0) is 14.8. The molecule has 1 aliphatic rings. The molecule has 0 fully saturated rings. The standard InChI is InChI=1S/C16H17N3OS/c1-3-21-16-11(9-17)15(14-5-4-8-20-14)12-10-19(2)7-6-13(12)18-16/h4-5,8H,3,6-7,10H2,1-2H3. The normalized spacial score (nSPS) is 14.7. The zero-order valence-electron chi connectivity index (χ0n) is 12.2. The first-order valence-corrected chi connectivity index (χ1v) is 8.04. The Morgan fingerprint density at radius 3 is 3.05 bits per heavy atom. The van der Waals surface area contributed by atoms with Crippen LogP contribution in [-0.4, -0.2) is 29.2 Å². The Bertz CT molecular complexity index is 689. The van der Waals surface area contributed by atoms with Crippen molar-refractivity contribution >= 4 is 11.8 Å². The van der Waals surface area contributed by atoms with Crippen LogP contribution in [-0.2, 0) is 13.0 Å². The molecule has 0 saturated carbocycles. The average Bonchev–Trinajstić information content (AvgIpc) is 3.00. The summed E-state index contributed by atoms with van der Waals surface area (Å²) >= 11 is 1.62. The van der Waals surface area contributed by atoms with Crippen molar-refractivity contribution in [3.63, 3.8) is 0 Å². The van der Waals surface area contributed by atoms with Gasteiger partial charge in [0.25, 0.3) is 0 Å². The molecule has 0 aliphatic carbocycles. The van der Waals surface area contributed by atoms with Crippen molar-refractivity contribution in [3.8, 4) is 17.4 Å². The van der Waals surface area contributed by atoms with Crippen LogP contribution in [0.15, 0.2) is 27.8 Å². The second-order valence-corrected chi connectivity index (χ2v) is 6.35. The fourth-order valence-corrected chi connectivity index (χ4v) is 3.45. The SMILES string of the molecule is CCSc1nc2c(c(-c3ccco3)c1C#N)CN(C)CC2. The minimum atomic E-state index is 0.644. The third-order valence-electron chi connectivity index (χ3n) is 3.67. The van der Waals surface area contributed by atoms with Gasteiger partial charge in [0, 0.05) is 36.3 Å². The molecule has 0 unspecified atom stereocenters. The van der Waals surface area contributed by atoms with E-state index in [0.717, 1.165) is 52.9 Å². The molecule has 0 aromatic carbocycles. The lowest BCUT2D eigenvalue weighted by Gasteiger charge is -2.27. The number of hydrogen-bond acceptors (Lipinski definition) is 5. The fraction of sp³-hybridized carbons (Fsp3) is 0.375. The lowest BCUT2D eigenvalue weighted by atomic mass is 9.95. The van der Waals surface area contributed by atoms with Crippen LogP contribution < -0.4 is 0 Å². The molecule has 0 bridgehead atoms. The van der Waals surface area contributed by atoms with Crippen LogP contribution in [0, 0.1) is 11.3 Å². The highest BCUT2D eigenvalue weighted by Gasteiger charge is 2.25. The molecule has 1 aliphatic heterocycles. The van der Waals surface area contributed by atoms with Crippen LogP contribution in [0.4, 0.5) is 0 Å². The number of likely N-dealkylation sites (N-methyl/N-ethyl adjacent to an activating group) is 1. The Morgan fingerprint density at radius 1 is 1.52 bits per heavy atom. The van der Waals surface area contributed by atoms with E-state index >= 15 is 0 Å². The van der Waals surface area contributed by atoms with Crippen LogP contribution in [0.3, 0.4) is 0 Å². The van der Waals surface area contributed by atoms with Crippen molar-refractivity contribution in [2.24, 2.45) is 0 Å². The number of nitriles is 1. The van der Waals surface area contributed by atoms with Gasteiger partial charge in [0.05, 0.1) is 11.8 Å². The Balaban J connectivity index is 2.27. The second-order valence-electron chi connectivity index (χ2n) is 5.10. The van der Waals surface area contributed by atoms with E-state index in [2.05, 4.69) is 24.9 Å². The van der Waals surface area contributed by atoms with Crippen molar-refractivity contribution in [1.29, 1.82) is 5.26 Å². The monoisotopic (exact) mass is 299 g/mol. The van der Waals surface area contributed by atoms with E-state index in [1.165, 1.54) is 0 Å². The minimum Gasteiger partial charge on any atom is -0.464 e. The minimum absolute atomic E-state index is 0.644. The predicted molar refractivity (Wildman–Crippen MR) is 83.1 cm³/mol. The van der Waals surface area contributed by atoms with Gasteiger partial charge in [0.15, 0.2) is 0 Å². The van der Waals surface area contributed by atoms with Gasteiger partial charge < -0.3 is 9.32 Å². The lowest BCUT2D eigenvalue weighted by Crippen LogP contribution is -2.28. The topological polar surface area (TPSA) is 53.1 Å². The molecular formula is C16H17N3OS. The first kappa shape index (κ1) is 14.2. The molecule has 2 aromatic rings. The van der Waals surface area contributed by atoms with Crippen LogP contribution in [0.2, 0.25) is 0 Å². The molecule has 0 radical (unpaired) electrons. The highest BCUT2D eigenvalue weighted by molar-refractivity contribution is 7.99. The first-order chi connectivity index (χ1) is 10.2. The summed E-state index contributed by atoms with van der Waals surface area (Å²) in [5.41, 5.74) is 3.81. The molecule has 2 aromatic heterocycles. The number of furan rings is 1. The Kier molecular flexibility index (Phi) is 4.00. The summed E-state index contributed by atoms with van der Waals surface area (Å²) in [6.45, 7) is 3.89. The van der Waals surface area contributed by atoms with Gasteiger partial charge in [-0.15, -0.1) is 11.8 Å². The molecule has 4 nitrogen and oxygen atoms in total. The molecule has 0 N–H and O–H groups in total. The van der Waals surface area contributed by atoms with Gasteiger partial charge in [0.1, 0.15) is 16.9 Å². The largest absolute Gasteiger partial charge is 0.464 e. The molecule has 21 heavy (non-hydrogen) atoms. The first-order valence-electron chi connectivity index (χ1n) is 7.05. The molecule has 3 rings (SSSR count). The Hall–Kier alpha value is -1.77. The molecule has 0 amide bonds. The summed E-state index contributed by atoms with van der Waals surface area (Å²) in [6.07, 6.45) is 2.57. The number of fused-ring (bicyclic) bond motifs is 1. The average molecular weight is 299 g/mol. The summed E-state index contributed by atoms with van der Waals surface area (Å²) < 4.78 is 5.59. The number of aromatic nitrogens is 1.